The van der Waals surface area contributed by atoms with E-state index in [1.807, 2.05) is 0 Å². The highest BCUT2D eigenvalue weighted by Gasteiger charge is 2.15. The fourth-order valence-electron chi connectivity index (χ4n) is 3.35. The van der Waals surface area contributed by atoms with Crippen LogP contribution in [0.2, 0.25) is 0 Å². The average molecular weight is 244 g/mol. The molecule has 0 spiro atoms. The predicted molar refractivity (Wildman–Crippen MR) is 76.9 cm³/mol. The summed E-state index contributed by atoms with van der Waals surface area (Å²) in [5.74, 6) is 0.928. The second-order valence-electron chi connectivity index (χ2n) is 5.76. The van der Waals surface area contributed by atoms with Crippen molar-refractivity contribution < 1.29 is 0 Å². The summed E-state index contributed by atoms with van der Waals surface area (Å²) in [5.41, 5.74) is 4.36. The molecule has 0 radical (unpaired) electrons. The van der Waals surface area contributed by atoms with E-state index in [0.29, 0.717) is 0 Å². The van der Waals surface area contributed by atoms with Gasteiger partial charge in [0, 0.05) is 18.8 Å². The SMILES string of the molecule is c1cc2c(c(CNCC3CCCC3)c1)NCCC2. The highest BCUT2D eigenvalue weighted by atomic mass is 14.9. The second-order valence-corrected chi connectivity index (χ2v) is 5.76. The Morgan fingerprint density at radius 3 is 2.94 bits per heavy atom. The number of hydrogen-bond donors (Lipinski definition) is 2. The molecule has 0 aromatic heterocycles. The van der Waals surface area contributed by atoms with Gasteiger partial charge in [-0.05, 0) is 49.3 Å². The van der Waals surface area contributed by atoms with Crippen molar-refractivity contribution in [3.05, 3.63) is 29.3 Å². The Kier molecular flexibility index (Phi) is 3.84. The van der Waals surface area contributed by atoms with Gasteiger partial charge in [0.25, 0.3) is 0 Å². The molecule has 1 heterocycles. The fraction of sp³-hybridized carbons (Fsp3) is 0.625. The molecule has 0 amide bonds. The molecule has 1 aliphatic carbocycles. The Labute approximate surface area is 110 Å². The molecule has 2 heteroatoms. The fourth-order valence-corrected chi connectivity index (χ4v) is 3.35. The number of fused-ring (bicyclic) bond motifs is 1. The molecule has 1 fully saturated rings. The number of anilines is 1. The lowest BCUT2D eigenvalue weighted by molar-refractivity contribution is 0.489. The van der Waals surface area contributed by atoms with Gasteiger partial charge in [0.1, 0.15) is 0 Å². The molecule has 1 saturated carbocycles. The standard InChI is InChI=1S/C16H24N2/c1-2-6-13(5-1)11-17-12-15-8-3-7-14-9-4-10-18-16(14)15/h3,7-8,13,17-18H,1-2,4-6,9-12H2. The monoisotopic (exact) mass is 244 g/mol. The zero-order chi connectivity index (χ0) is 12.2. The molecule has 2 nitrogen and oxygen atoms in total. The second kappa shape index (κ2) is 5.75. The first-order valence-corrected chi connectivity index (χ1v) is 7.49. The number of para-hydroxylation sites is 1. The summed E-state index contributed by atoms with van der Waals surface area (Å²) in [6.07, 6.45) is 8.24. The van der Waals surface area contributed by atoms with E-state index in [-0.39, 0.29) is 0 Å². The maximum Gasteiger partial charge on any atom is 0.0418 e. The van der Waals surface area contributed by atoms with E-state index in [0.717, 1.165) is 19.0 Å². The Morgan fingerprint density at radius 1 is 1.17 bits per heavy atom. The summed E-state index contributed by atoms with van der Waals surface area (Å²) in [6, 6.07) is 6.74. The Bertz CT molecular complexity index is 394. The van der Waals surface area contributed by atoms with Crippen LogP contribution in [-0.4, -0.2) is 13.1 Å². The highest BCUT2D eigenvalue weighted by Crippen LogP contribution is 2.27. The maximum absolute atomic E-state index is 3.65. The van der Waals surface area contributed by atoms with Gasteiger partial charge in [0.15, 0.2) is 0 Å². The number of nitrogens with one attached hydrogen (secondary N) is 2. The largest absolute Gasteiger partial charge is 0.385 e. The minimum absolute atomic E-state index is 0.928. The molecule has 0 atom stereocenters. The van der Waals surface area contributed by atoms with Gasteiger partial charge in [0.05, 0.1) is 0 Å². The van der Waals surface area contributed by atoms with Gasteiger partial charge in [0.2, 0.25) is 0 Å². The molecule has 3 rings (SSSR count). The van der Waals surface area contributed by atoms with Crippen molar-refractivity contribution >= 4 is 5.69 Å². The smallest absolute Gasteiger partial charge is 0.0418 e. The first kappa shape index (κ1) is 12.0. The molecule has 0 bridgehead atoms. The van der Waals surface area contributed by atoms with Gasteiger partial charge in [-0.3, -0.25) is 0 Å². The van der Waals surface area contributed by atoms with Crippen LogP contribution in [0, 0.1) is 5.92 Å². The first-order valence-electron chi connectivity index (χ1n) is 7.49. The summed E-state index contributed by atoms with van der Waals surface area (Å²) in [4.78, 5) is 0. The third-order valence-corrected chi connectivity index (χ3v) is 4.38. The number of benzene rings is 1. The topological polar surface area (TPSA) is 24.1 Å². The normalized spacial score (nSPS) is 19.6. The van der Waals surface area contributed by atoms with Crippen LogP contribution in [0.3, 0.4) is 0 Å². The lowest BCUT2D eigenvalue weighted by Gasteiger charge is -2.21. The molecular weight excluding hydrogens is 220 g/mol. The van der Waals surface area contributed by atoms with Crippen molar-refractivity contribution in [3.8, 4) is 0 Å². The molecule has 98 valence electrons. The van der Waals surface area contributed by atoms with E-state index in [9.17, 15) is 0 Å². The van der Waals surface area contributed by atoms with Crippen LogP contribution in [-0.2, 0) is 13.0 Å². The summed E-state index contributed by atoms with van der Waals surface area (Å²) in [6.45, 7) is 3.35. The van der Waals surface area contributed by atoms with E-state index < -0.39 is 0 Å². The van der Waals surface area contributed by atoms with Crippen LogP contribution in [0.15, 0.2) is 18.2 Å². The lowest BCUT2D eigenvalue weighted by Crippen LogP contribution is -2.22. The van der Waals surface area contributed by atoms with E-state index >= 15 is 0 Å². The van der Waals surface area contributed by atoms with Gasteiger partial charge >= 0.3 is 0 Å². The zero-order valence-corrected chi connectivity index (χ0v) is 11.2. The van der Waals surface area contributed by atoms with Crippen LogP contribution < -0.4 is 10.6 Å². The molecule has 18 heavy (non-hydrogen) atoms. The van der Waals surface area contributed by atoms with Crippen molar-refractivity contribution in [2.75, 3.05) is 18.4 Å². The quantitative estimate of drug-likeness (QED) is 0.849. The van der Waals surface area contributed by atoms with E-state index in [1.165, 1.54) is 61.9 Å². The molecule has 2 N–H and O–H groups in total. The first-order chi connectivity index (χ1) is 8.93. The minimum Gasteiger partial charge on any atom is -0.385 e. The average Bonchev–Trinajstić information content (AvgIpc) is 2.92. The van der Waals surface area contributed by atoms with Gasteiger partial charge in [-0.2, -0.15) is 0 Å². The van der Waals surface area contributed by atoms with Gasteiger partial charge in [-0.25, -0.2) is 0 Å². The van der Waals surface area contributed by atoms with Crippen LogP contribution in [0.5, 0.6) is 0 Å². The van der Waals surface area contributed by atoms with Crippen molar-refractivity contribution in [1.82, 2.24) is 5.32 Å². The molecule has 0 saturated heterocycles. The van der Waals surface area contributed by atoms with E-state index in [2.05, 4.69) is 28.8 Å². The number of hydrogen-bond acceptors (Lipinski definition) is 2. The van der Waals surface area contributed by atoms with Crippen LogP contribution in [0.1, 0.15) is 43.2 Å². The lowest BCUT2D eigenvalue weighted by atomic mass is 9.99. The van der Waals surface area contributed by atoms with Crippen molar-refractivity contribution in [1.29, 1.82) is 0 Å². The molecule has 2 aliphatic rings. The van der Waals surface area contributed by atoms with Crippen molar-refractivity contribution in [2.45, 2.75) is 45.1 Å². The zero-order valence-electron chi connectivity index (χ0n) is 11.2. The number of aryl methyl sites for hydroxylation is 1. The summed E-state index contributed by atoms with van der Waals surface area (Å²) >= 11 is 0. The molecule has 1 aromatic carbocycles. The predicted octanol–water partition coefficient (Wildman–Crippen LogP) is 3.32. The van der Waals surface area contributed by atoms with Gasteiger partial charge in [-0.15, -0.1) is 0 Å². The summed E-state index contributed by atoms with van der Waals surface area (Å²) in [5, 5.41) is 7.22. The van der Waals surface area contributed by atoms with Crippen LogP contribution in [0.25, 0.3) is 0 Å². The van der Waals surface area contributed by atoms with Gasteiger partial charge < -0.3 is 10.6 Å². The van der Waals surface area contributed by atoms with Crippen molar-refractivity contribution in [2.24, 2.45) is 5.92 Å². The minimum atomic E-state index is 0.928. The maximum atomic E-state index is 3.65. The third-order valence-electron chi connectivity index (χ3n) is 4.38. The van der Waals surface area contributed by atoms with Crippen molar-refractivity contribution in [3.63, 3.8) is 0 Å². The van der Waals surface area contributed by atoms with Crippen LogP contribution >= 0.6 is 0 Å². The van der Waals surface area contributed by atoms with Gasteiger partial charge in [-0.1, -0.05) is 31.0 Å². The Hall–Kier alpha value is -1.02. The number of rotatable bonds is 4. The van der Waals surface area contributed by atoms with Crippen LogP contribution in [0.4, 0.5) is 5.69 Å². The molecule has 1 aliphatic heterocycles. The highest BCUT2D eigenvalue weighted by molar-refractivity contribution is 5.59. The summed E-state index contributed by atoms with van der Waals surface area (Å²) < 4.78 is 0. The Balaban J connectivity index is 1.58. The van der Waals surface area contributed by atoms with E-state index in [4.69, 9.17) is 0 Å². The molecular formula is C16H24N2. The molecule has 1 aromatic rings. The third kappa shape index (κ3) is 2.69. The Morgan fingerprint density at radius 2 is 2.06 bits per heavy atom. The van der Waals surface area contributed by atoms with E-state index in [1.54, 1.807) is 0 Å². The molecule has 0 unspecified atom stereocenters. The summed E-state index contributed by atoms with van der Waals surface area (Å²) in [7, 11) is 0.